The first-order valence-corrected chi connectivity index (χ1v) is 11.4. The van der Waals surface area contributed by atoms with Crippen LogP contribution in [0.2, 0.25) is 0 Å². The molecule has 0 radical (unpaired) electrons. The number of hydrogen-bond donors (Lipinski definition) is 1. The minimum absolute atomic E-state index is 0.00727. The third-order valence-corrected chi connectivity index (χ3v) is 7.07. The molecule has 28 heavy (non-hydrogen) atoms. The zero-order chi connectivity index (χ0) is 20.3. The molecule has 1 aromatic rings. The topological polar surface area (TPSA) is 114 Å². The first kappa shape index (κ1) is 20.5. The molecule has 2 fully saturated rings. The van der Waals surface area contributed by atoms with Crippen molar-refractivity contribution >= 4 is 27.9 Å². The monoisotopic (exact) mass is 409 g/mol. The second-order valence-corrected chi connectivity index (χ2v) is 9.73. The standard InChI is InChI=1S/C18H27N5O4S/c1-13-16(14(2)23(21-13)15-7-9-28(26,27)12-15)10-19-20-17(24)11-22-8-5-3-4-6-18(22)25/h10,15H,3-9,11-12H2,1-2H3,(H,20,24)/b19-10-/t15-/m1/s1. The van der Waals surface area contributed by atoms with Crippen LogP contribution in [0.3, 0.4) is 0 Å². The summed E-state index contributed by atoms with van der Waals surface area (Å²) < 4.78 is 25.2. The number of aromatic nitrogens is 2. The zero-order valence-electron chi connectivity index (χ0n) is 16.3. The van der Waals surface area contributed by atoms with Gasteiger partial charge >= 0.3 is 0 Å². The number of aryl methyl sites for hydroxylation is 1. The summed E-state index contributed by atoms with van der Waals surface area (Å²) in [5, 5.41) is 8.48. The van der Waals surface area contributed by atoms with Gasteiger partial charge in [0.15, 0.2) is 9.84 Å². The average molecular weight is 410 g/mol. The van der Waals surface area contributed by atoms with Gasteiger partial charge in [-0.2, -0.15) is 10.2 Å². The fourth-order valence-electron chi connectivity index (χ4n) is 3.77. The van der Waals surface area contributed by atoms with E-state index in [-0.39, 0.29) is 35.9 Å². The number of hydrazone groups is 1. The van der Waals surface area contributed by atoms with Gasteiger partial charge in [0, 0.05) is 24.2 Å². The first-order chi connectivity index (χ1) is 13.3. The lowest BCUT2D eigenvalue weighted by atomic mass is 10.2. The van der Waals surface area contributed by atoms with E-state index in [4.69, 9.17) is 0 Å². The Labute approximate surface area is 165 Å². The van der Waals surface area contributed by atoms with Crippen molar-refractivity contribution in [2.24, 2.45) is 5.10 Å². The van der Waals surface area contributed by atoms with Gasteiger partial charge in [0.1, 0.15) is 6.54 Å². The summed E-state index contributed by atoms with van der Waals surface area (Å²) in [6, 6.07) is -0.158. The second-order valence-electron chi connectivity index (χ2n) is 7.51. The van der Waals surface area contributed by atoms with Gasteiger partial charge in [-0.15, -0.1) is 0 Å². The maximum absolute atomic E-state index is 12.1. The van der Waals surface area contributed by atoms with E-state index in [2.05, 4.69) is 15.6 Å². The molecule has 2 saturated heterocycles. The lowest BCUT2D eigenvalue weighted by Gasteiger charge is -2.18. The largest absolute Gasteiger partial charge is 0.333 e. The molecule has 0 unspecified atom stereocenters. The van der Waals surface area contributed by atoms with E-state index >= 15 is 0 Å². The number of carbonyl (C=O) groups is 2. The second kappa shape index (κ2) is 8.42. The SMILES string of the molecule is Cc1nn([C@@H]2CCS(=O)(=O)C2)c(C)c1/C=N\NC(=O)CN1CCCCCC1=O. The molecule has 0 bridgehead atoms. The summed E-state index contributed by atoms with van der Waals surface area (Å²) >= 11 is 0. The third kappa shape index (κ3) is 4.78. The summed E-state index contributed by atoms with van der Waals surface area (Å²) in [6.45, 7) is 4.30. The predicted molar refractivity (Wildman–Crippen MR) is 105 cm³/mol. The van der Waals surface area contributed by atoms with Crippen LogP contribution in [-0.4, -0.2) is 65.7 Å². The Hall–Kier alpha value is -2.23. The highest BCUT2D eigenvalue weighted by atomic mass is 32.2. The van der Waals surface area contributed by atoms with Crippen molar-refractivity contribution in [1.29, 1.82) is 0 Å². The number of hydrogen-bond acceptors (Lipinski definition) is 6. The molecule has 2 aliphatic rings. The molecular weight excluding hydrogens is 382 g/mol. The number of nitrogens with zero attached hydrogens (tertiary/aromatic N) is 4. The van der Waals surface area contributed by atoms with Crippen LogP contribution in [0.4, 0.5) is 0 Å². The molecule has 10 heteroatoms. The highest BCUT2D eigenvalue weighted by molar-refractivity contribution is 7.91. The van der Waals surface area contributed by atoms with Crippen molar-refractivity contribution in [3.05, 3.63) is 17.0 Å². The number of amides is 2. The average Bonchev–Trinajstić information content (AvgIpc) is 3.04. The number of nitrogens with one attached hydrogen (secondary N) is 1. The summed E-state index contributed by atoms with van der Waals surface area (Å²) in [4.78, 5) is 25.6. The van der Waals surface area contributed by atoms with Crippen molar-refractivity contribution in [2.45, 2.75) is 52.0 Å². The van der Waals surface area contributed by atoms with Crippen LogP contribution >= 0.6 is 0 Å². The van der Waals surface area contributed by atoms with Gasteiger partial charge in [-0.3, -0.25) is 14.3 Å². The molecule has 1 N–H and O–H groups in total. The molecule has 2 aliphatic heterocycles. The number of carbonyl (C=O) groups excluding carboxylic acids is 2. The van der Waals surface area contributed by atoms with E-state index in [1.54, 1.807) is 9.58 Å². The van der Waals surface area contributed by atoms with Gasteiger partial charge in [-0.1, -0.05) is 6.42 Å². The Morgan fingerprint density at radius 3 is 2.82 bits per heavy atom. The van der Waals surface area contributed by atoms with Gasteiger partial charge in [0.2, 0.25) is 5.91 Å². The minimum atomic E-state index is -3.00. The maximum Gasteiger partial charge on any atom is 0.259 e. The highest BCUT2D eigenvalue weighted by Gasteiger charge is 2.31. The van der Waals surface area contributed by atoms with E-state index in [9.17, 15) is 18.0 Å². The third-order valence-electron chi connectivity index (χ3n) is 5.32. The molecule has 1 atom stereocenters. The number of sulfone groups is 1. The van der Waals surface area contributed by atoms with Gasteiger partial charge < -0.3 is 4.90 Å². The van der Waals surface area contributed by atoms with Crippen molar-refractivity contribution in [3.63, 3.8) is 0 Å². The molecule has 0 saturated carbocycles. The van der Waals surface area contributed by atoms with Crippen molar-refractivity contribution in [2.75, 3.05) is 24.6 Å². The molecule has 154 valence electrons. The van der Waals surface area contributed by atoms with Crippen molar-refractivity contribution in [3.8, 4) is 0 Å². The van der Waals surface area contributed by atoms with Gasteiger partial charge in [0.25, 0.3) is 5.91 Å². The molecule has 0 aromatic carbocycles. The van der Waals surface area contributed by atoms with Gasteiger partial charge in [0.05, 0.1) is 29.5 Å². The lowest BCUT2D eigenvalue weighted by Crippen LogP contribution is -2.39. The minimum Gasteiger partial charge on any atom is -0.333 e. The van der Waals surface area contributed by atoms with Gasteiger partial charge in [-0.05, 0) is 33.1 Å². The van der Waals surface area contributed by atoms with E-state index in [1.165, 1.54) is 6.21 Å². The van der Waals surface area contributed by atoms with E-state index < -0.39 is 9.84 Å². The Morgan fingerprint density at radius 1 is 1.32 bits per heavy atom. The van der Waals surface area contributed by atoms with Crippen molar-refractivity contribution in [1.82, 2.24) is 20.1 Å². The number of rotatable bonds is 5. The normalized spacial score (nSPS) is 22.6. The molecule has 3 rings (SSSR count). The van der Waals surface area contributed by atoms with Gasteiger partial charge in [-0.25, -0.2) is 13.8 Å². The van der Waals surface area contributed by atoms with Crippen LogP contribution in [0.1, 0.15) is 55.1 Å². The van der Waals surface area contributed by atoms with Crippen LogP contribution in [0.15, 0.2) is 5.10 Å². The fraction of sp³-hybridized carbons (Fsp3) is 0.667. The quantitative estimate of drug-likeness (QED) is 0.568. The maximum atomic E-state index is 12.1. The molecular formula is C18H27N5O4S. The molecule has 1 aromatic heterocycles. The molecule has 0 spiro atoms. The summed E-state index contributed by atoms with van der Waals surface area (Å²) in [6.07, 6.45) is 5.37. The molecule has 2 amide bonds. The van der Waals surface area contributed by atoms with E-state index in [0.29, 0.717) is 19.4 Å². The van der Waals surface area contributed by atoms with Crippen LogP contribution < -0.4 is 5.43 Å². The predicted octanol–water partition coefficient (Wildman–Crippen LogP) is 0.712. The smallest absolute Gasteiger partial charge is 0.259 e. The lowest BCUT2D eigenvalue weighted by molar-refractivity contribution is -0.135. The van der Waals surface area contributed by atoms with Crippen LogP contribution in [0.25, 0.3) is 0 Å². The van der Waals surface area contributed by atoms with Crippen LogP contribution in [0.5, 0.6) is 0 Å². The Bertz CT molecular complexity index is 890. The van der Waals surface area contributed by atoms with Crippen molar-refractivity contribution < 1.29 is 18.0 Å². The summed E-state index contributed by atoms with van der Waals surface area (Å²) in [5.41, 5.74) is 4.77. The van der Waals surface area contributed by atoms with Crippen LogP contribution in [0, 0.1) is 13.8 Å². The Balaban J connectivity index is 1.61. The summed E-state index contributed by atoms with van der Waals surface area (Å²) in [7, 11) is -3.00. The summed E-state index contributed by atoms with van der Waals surface area (Å²) in [5.74, 6) is -0.0381. The first-order valence-electron chi connectivity index (χ1n) is 9.62. The Morgan fingerprint density at radius 2 is 2.11 bits per heavy atom. The highest BCUT2D eigenvalue weighted by Crippen LogP contribution is 2.26. The molecule has 0 aliphatic carbocycles. The Kier molecular flexibility index (Phi) is 6.17. The fourth-order valence-corrected chi connectivity index (χ4v) is 5.46. The molecule has 9 nitrogen and oxygen atoms in total. The zero-order valence-corrected chi connectivity index (χ0v) is 17.2. The van der Waals surface area contributed by atoms with E-state index in [0.717, 1.165) is 36.2 Å². The number of likely N-dealkylation sites (tertiary alicyclic amines) is 1. The molecule has 3 heterocycles. The van der Waals surface area contributed by atoms with E-state index in [1.807, 2.05) is 13.8 Å². The van der Waals surface area contributed by atoms with Crippen LogP contribution in [-0.2, 0) is 19.4 Å².